The predicted octanol–water partition coefficient (Wildman–Crippen LogP) is 2.75. The number of nitrogens with zero attached hydrogens (tertiary/aromatic N) is 1. The average molecular weight is 319 g/mol. The van der Waals surface area contributed by atoms with Crippen LogP contribution in [0.15, 0.2) is 16.3 Å². The van der Waals surface area contributed by atoms with Gasteiger partial charge in [0.2, 0.25) is 10.0 Å². The quantitative estimate of drug-likeness (QED) is 0.838. The van der Waals surface area contributed by atoms with Gasteiger partial charge in [-0.25, -0.2) is 13.2 Å². The van der Waals surface area contributed by atoms with Crippen LogP contribution >= 0.6 is 11.3 Å². The number of rotatable bonds is 7. The van der Waals surface area contributed by atoms with Crippen LogP contribution in [0.5, 0.6) is 0 Å². The Hall–Kier alpha value is -0.920. The fraction of sp³-hybridized carbons (Fsp3) is 0.615. The van der Waals surface area contributed by atoms with Crippen molar-refractivity contribution in [2.24, 2.45) is 11.8 Å². The third-order valence-corrected chi connectivity index (χ3v) is 5.44. The van der Waals surface area contributed by atoms with Gasteiger partial charge in [-0.05, 0) is 17.9 Å². The highest BCUT2D eigenvalue weighted by Crippen LogP contribution is 2.24. The van der Waals surface area contributed by atoms with Crippen molar-refractivity contribution in [1.82, 2.24) is 4.31 Å². The topological polar surface area (TPSA) is 74.7 Å². The molecule has 0 aliphatic rings. The van der Waals surface area contributed by atoms with E-state index in [2.05, 4.69) is 0 Å². The lowest BCUT2D eigenvalue weighted by atomic mass is 10.2. The Labute approximate surface area is 124 Å². The number of thiophene rings is 1. The van der Waals surface area contributed by atoms with Crippen molar-refractivity contribution < 1.29 is 18.3 Å². The molecule has 7 heteroatoms. The van der Waals surface area contributed by atoms with Crippen molar-refractivity contribution in [3.05, 3.63) is 16.3 Å². The highest BCUT2D eigenvalue weighted by Gasteiger charge is 2.27. The van der Waals surface area contributed by atoms with E-state index in [1.54, 1.807) is 0 Å². The Morgan fingerprint density at radius 1 is 1.25 bits per heavy atom. The number of aromatic carboxylic acids is 1. The first-order chi connectivity index (χ1) is 9.14. The predicted molar refractivity (Wildman–Crippen MR) is 79.7 cm³/mol. The van der Waals surface area contributed by atoms with Crippen molar-refractivity contribution in [3.63, 3.8) is 0 Å². The molecule has 0 aliphatic heterocycles. The van der Waals surface area contributed by atoms with Gasteiger partial charge >= 0.3 is 5.97 Å². The molecule has 0 radical (unpaired) electrons. The largest absolute Gasteiger partial charge is 0.477 e. The molecule has 1 rings (SSSR count). The summed E-state index contributed by atoms with van der Waals surface area (Å²) >= 11 is 0.934. The molecule has 114 valence electrons. The van der Waals surface area contributed by atoms with Crippen LogP contribution in [-0.4, -0.2) is 36.9 Å². The normalized spacial score (nSPS) is 12.6. The second-order valence-electron chi connectivity index (χ2n) is 5.56. The third kappa shape index (κ3) is 4.29. The monoisotopic (exact) mass is 319 g/mol. The standard InChI is InChI=1S/C13H21NO4S2/c1-9(2)6-14(7-10(3)4)20(17,18)11-5-12(13(15)16)19-8-11/h5,8-10H,6-7H2,1-4H3,(H,15,16). The van der Waals surface area contributed by atoms with E-state index in [-0.39, 0.29) is 21.6 Å². The second-order valence-corrected chi connectivity index (χ2v) is 8.41. The molecule has 0 atom stereocenters. The van der Waals surface area contributed by atoms with Crippen LogP contribution in [0.2, 0.25) is 0 Å². The fourth-order valence-electron chi connectivity index (χ4n) is 1.80. The van der Waals surface area contributed by atoms with Crippen molar-refractivity contribution in [2.45, 2.75) is 32.6 Å². The van der Waals surface area contributed by atoms with Gasteiger partial charge in [0.1, 0.15) is 4.88 Å². The molecular formula is C13H21NO4S2. The van der Waals surface area contributed by atoms with Crippen LogP contribution in [0.1, 0.15) is 37.4 Å². The van der Waals surface area contributed by atoms with Gasteiger partial charge in [0, 0.05) is 18.5 Å². The summed E-state index contributed by atoms with van der Waals surface area (Å²) in [5.74, 6) is -0.682. The molecule has 0 spiro atoms. The molecule has 0 saturated heterocycles. The Morgan fingerprint density at radius 3 is 2.10 bits per heavy atom. The Kier molecular flexibility index (Phi) is 5.73. The van der Waals surface area contributed by atoms with E-state index in [1.807, 2.05) is 27.7 Å². The number of carboxylic acids is 1. The number of carboxylic acid groups (broad SMARTS) is 1. The maximum Gasteiger partial charge on any atom is 0.345 e. The van der Waals surface area contributed by atoms with Crippen LogP contribution in [0.25, 0.3) is 0 Å². The van der Waals surface area contributed by atoms with Gasteiger partial charge in [-0.2, -0.15) is 4.31 Å². The van der Waals surface area contributed by atoms with Crippen LogP contribution in [-0.2, 0) is 10.0 Å². The number of carbonyl (C=O) groups is 1. The Balaban J connectivity index is 3.10. The first-order valence-electron chi connectivity index (χ1n) is 6.46. The second kappa shape index (κ2) is 6.69. The van der Waals surface area contributed by atoms with Crippen molar-refractivity contribution >= 4 is 27.3 Å². The maximum atomic E-state index is 12.6. The van der Waals surface area contributed by atoms with Gasteiger partial charge < -0.3 is 5.11 Å². The molecule has 0 bridgehead atoms. The Morgan fingerprint density at radius 2 is 1.75 bits per heavy atom. The number of sulfonamides is 1. The lowest BCUT2D eigenvalue weighted by molar-refractivity contribution is 0.0702. The summed E-state index contributed by atoms with van der Waals surface area (Å²) in [6.07, 6.45) is 0. The molecule has 0 fully saturated rings. The van der Waals surface area contributed by atoms with E-state index < -0.39 is 16.0 Å². The van der Waals surface area contributed by atoms with Crippen LogP contribution < -0.4 is 0 Å². The maximum absolute atomic E-state index is 12.6. The van der Waals surface area contributed by atoms with E-state index in [0.29, 0.717) is 13.1 Å². The van der Waals surface area contributed by atoms with Gasteiger partial charge in [-0.15, -0.1) is 11.3 Å². The van der Waals surface area contributed by atoms with Crippen LogP contribution in [0, 0.1) is 11.8 Å². The van der Waals surface area contributed by atoms with Gasteiger partial charge in [0.25, 0.3) is 0 Å². The van der Waals surface area contributed by atoms with Crippen molar-refractivity contribution in [1.29, 1.82) is 0 Å². The van der Waals surface area contributed by atoms with E-state index >= 15 is 0 Å². The molecule has 1 heterocycles. The fourth-order valence-corrected chi connectivity index (χ4v) is 4.67. The van der Waals surface area contributed by atoms with Gasteiger partial charge in [0.05, 0.1) is 4.90 Å². The molecule has 1 aromatic heterocycles. The summed E-state index contributed by atoms with van der Waals surface area (Å²) in [4.78, 5) is 11.0. The molecule has 0 aromatic carbocycles. The SMILES string of the molecule is CC(C)CN(CC(C)C)S(=O)(=O)c1csc(C(=O)O)c1. The molecule has 0 aliphatic carbocycles. The third-order valence-electron chi connectivity index (χ3n) is 2.56. The highest BCUT2D eigenvalue weighted by molar-refractivity contribution is 7.89. The first kappa shape index (κ1) is 17.1. The molecule has 20 heavy (non-hydrogen) atoms. The van der Waals surface area contributed by atoms with Gasteiger partial charge in [0.15, 0.2) is 0 Å². The molecular weight excluding hydrogens is 298 g/mol. The Bertz CT molecular complexity index is 551. The molecule has 5 nitrogen and oxygen atoms in total. The van der Waals surface area contributed by atoms with E-state index in [9.17, 15) is 13.2 Å². The molecule has 0 saturated carbocycles. The minimum Gasteiger partial charge on any atom is -0.477 e. The molecule has 0 unspecified atom stereocenters. The van der Waals surface area contributed by atoms with Crippen molar-refractivity contribution in [3.8, 4) is 0 Å². The zero-order valence-corrected chi connectivity index (χ0v) is 13.8. The summed E-state index contributed by atoms with van der Waals surface area (Å²) in [6, 6.07) is 1.23. The molecule has 1 aromatic rings. The summed E-state index contributed by atoms with van der Waals surface area (Å²) in [6.45, 7) is 8.69. The summed E-state index contributed by atoms with van der Waals surface area (Å²) < 4.78 is 26.6. The van der Waals surface area contributed by atoms with E-state index in [0.717, 1.165) is 11.3 Å². The minimum atomic E-state index is -3.62. The zero-order chi connectivity index (χ0) is 15.5. The van der Waals surface area contributed by atoms with Crippen LogP contribution in [0.4, 0.5) is 0 Å². The van der Waals surface area contributed by atoms with Gasteiger partial charge in [-0.1, -0.05) is 27.7 Å². The minimum absolute atomic E-state index is 0.0395. The highest BCUT2D eigenvalue weighted by atomic mass is 32.2. The number of hydrogen-bond donors (Lipinski definition) is 1. The molecule has 1 N–H and O–H groups in total. The lowest BCUT2D eigenvalue weighted by Crippen LogP contribution is -2.36. The summed E-state index contributed by atoms with van der Waals surface area (Å²) in [5, 5.41) is 10.3. The lowest BCUT2D eigenvalue weighted by Gasteiger charge is -2.25. The van der Waals surface area contributed by atoms with Gasteiger partial charge in [-0.3, -0.25) is 0 Å². The van der Waals surface area contributed by atoms with E-state index in [4.69, 9.17) is 5.11 Å². The summed E-state index contributed by atoms with van der Waals surface area (Å²) in [5.41, 5.74) is 0. The molecule has 0 amide bonds. The van der Waals surface area contributed by atoms with Crippen LogP contribution in [0.3, 0.4) is 0 Å². The zero-order valence-electron chi connectivity index (χ0n) is 12.2. The summed E-state index contributed by atoms with van der Waals surface area (Å²) in [7, 11) is -3.62. The van der Waals surface area contributed by atoms with E-state index in [1.165, 1.54) is 15.8 Å². The number of hydrogen-bond acceptors (Lipinski definition) is 4. The average Bonchev–Trinajstić information content (AvgIpc) is 2.76. The first-order valence-corrected chi connectivity index (χ1v) is 8.78. The van der Waals surface area contributed by atoms with Crippen molar-refractivity contribution in [2.75, 3.05) is 13.1 Å². The smallest absolute Gasteiger partial charge is 0.345 e.